The molecule has 2 aliphatic rings. The largest absolute Gasteiger partial charge is 0.443 e. The van der Waals surface area contributed by atoms with Crippen molar-refractivity contribution < 1.29 is 18.5 Å². The Balaban J connectivity index is 1.36. The summed E-state index contributed by atoms with van der Waals surface area (Å²) in [5.74, 6) is 1.99. The Morgan fingerprint density at radius 3 is 2.91 bits per heavy atom. The van der Waals surface area contributed by atoms with Gasteiger partial charge in [-0.05, 0) is 38.7 Å². The van der Waals surface area contributed by atoms with E-state index in [0.29, 0.717) is 36.3 Å². The van der Waals surface area contributed by atoms with E-state index in [4.69, 9.17) is 18.7 Å². The number of carbonyl (C=O) groups is 1. The molecule has 0 aliphatic carbocycles. The monoisotopic (exact) mass is 436 g/mol. The highest BCUT2D eigenvalue weighted by Crippen LogP contribution is 2.35. The summed E-state index contributed by atoms with van der Waals surface area (Å²) in [7, 11) is 0. The van der Waals surface area contributed by atoms with Gasteiger partial charge in [0.25, 0.3) is 5.91 Å². The molecule has 1 amide bonds. The molecule has 1 aromatic carbocycles. The molecule has 8 heteroatoms. The molecular weight excluding hydrogens is 408 g/mol. The topological polar surface area (TPSA) is 94.5 Å². The minimum absolute atomic E-state index is 0.130. The molecular formula is C24H28N4O4. The number of nitrogens with zero attached hydrogens (tertiary/aromatic N) is 4. The highest BCUT2D eigenvalue weighted by molar-refractivity contribution is 5.97. The first-order chi connectivity index (χ1) is 15.5. The number of carbonyl (C=O) groups excluding carboxylic acids is 1. The second kappa shape index (κ2) is 8.50. The second-order valence-electron chi connectivity index (χ2n) is 9.13. The number of hydrogen-bond donors (Lipinski definition) is 0. The summed E-state index contributed by atoms with van der Waals surface area (Å²) in [6.07, 6.45) is 4.90. The quantitative estimate of drug-likeness (QED) is 0.607. The number of benzene rings is 1. The number of ether oxygens (including phenoxy) is 1. The third-order valence-electron chi connectivity index (χ3n) is 6.59. The molecule has 0 bridgehead atoms. The number of piperidine rings is 1. The van der Waals surface area contributed by atoms with Crippen LogP contribution in [0.15, 0.2) is 39.6 Å². The normalized spacial score (nSPS) is 22.2. The van der Waals surface area contributed by atoms with Gasteiger partial charge >= 0.3 is 0 Å². The summed E-state index contributed by atoms with van der Waals surface area (Å²) in [6, 6.07) is 7.89. The number of oxazole rings is 1. The molecule has 2 aromatic heterocycles. The van der Waals surface area contributed by atoms with Gasteiger partial charge in [0.1, 0.15) is 0 Å². The SMILES string of the molecule is Cc1cccc(-c2ocnc2C(=O)N2CCCC(C)(c3noc(C4CCOCC4)n3)C2)c1. The molecule has 0 spiro atoms. The van der Waals surface area contributed by atoms with Crippen molar-refractivity contribution in [2.75, 3.05) is 26.3 Å². The molecule has 0 saturated carbocycles. The standard InChI is InChI=1S/C24H28N4O4/c1-16-5-3-6-18(13-16)20-19(25-15-31-20)22(29)28-10-4-9-24(2,14-28)23-26-21(32-27-23)17-7-11-30-12-8-17/h3,5-6,13,15,17H,4,7-12,14H2,1-2H3. The van der Waals surface area contributed by atoms with E-state index < -0.39 is 0 Å². The zero-order valence-corrected chi connectivity index (χ0v) is 18.5. The predicted molar refractivity (Wildman–Crippen MR) is 116 cm³/mol. The van der Waals surface area contributed by atoms with Crippen molar-refractivity contribution >= 4 is 5.91 Å². The van der Waals surface area contributed by atoms with Gasteiger partial charge in [-0.3, -0.25) is 4.79 Å². The maximum atomic E-state index is 13.4. The van der Waals surface area contributed by atoms with Crippen LogP contribution in [0.25, 0.3) is 11.3 Å². The van der Waals surface area contributed by atoms with Crippen LogP contribution in [0.2, 0.25) is 0 Å². The Kier molecular flexibility index (Phi) is 5.55. The molecule has 168 valence electrons. The van der Waals surface area contributed by atoms with Crippen molar-refractivity contribution in [2.24, 2.45) is 0 Å². The summed E-state index contributed by atoms with van der Waals surface area (Å²) in [6.45, 7) is 6.75. The first-order valence-corrected chi connectivity index (χ1v) is 11.3. The predicted octanol–water partition coefficient (Wildman–Crippen LogP) is 4.12. The van der Waals surface area contributed by atoms with Crippen LogP contribution in [-0.4, -0.2) is 52.2 Å². The van der Waals surface area contributed by atoms with E-state index in [1.165, 1.54) is 6.39 Å². The Morgan fingerprint density at radius 1 is 1.25 bits per heavy atom. The molecule has 1 atom stereocenters. The molecule has 1 unspecified atom stereocenters. The maximum Gasteiger partial charge on any atom is 0.276 e. The minimum Gasteiger partial charge on any atom is -0.443 e. The van der Waals surface area contributed by atoms with Gasteiger partial charge in [0.05, 0.1) is 0 Å². The molecule has 4 heterocycles. The highest BCUT2D eigenvalue weighted by atomic mass is 16.5. The fourth-order valence-corrected chi connectivity index (χ4v) is 4.73. The molecule has 32 heavy (non-hydrogen) atoms. The Labute approximate surface area is 187 Å². The van der Waals surface area contributed by atoms with Crippen molar-refractivity contribution in [3.63, 3.8) is 0 Å². The van der Waals surface area contributed by atoms with Gasteiger partial charge in [0.15, 0.2) is 23.7 Å². The van der Waals surface area contributed by atoms with Gasteiger partial charge in [0.2, 0.25) is 5.89 Å². The van der Waals surface area contributed by atoms with Crippen molar-refractivity contribution in [1.29, 1.82) is 0 Å². The molecule has 3 aromatic rings. The maximum absolute atomic E-state index is 13.4. The molecule has 5 rings (SSSR count). The van der Waals surface area contributed by atoms with Gasteiger partial charge in [-0.2, -0.15) is 4.98 Å². The van der Waals surface area contributed by atoms with Crippen LogP contribution >= 0.6 is 0 Å². The van der Waals surface area contributed by atoms with Gasteiger partial charge in [-0.25, -0.2) is 4.98 Å². The van der Waals surface area contributed by atoms with Crippen molar-refractivity contribution in [1.82, 2.24) is 20.0 Å². The zero-order valence-electron chi connectivity index (χ0n) is 18.5. The molecule has 2 saturated heterocycles. The molecule has 0 radical (unpaired) electrons. The van der Waals surface area contributed by atoms with E-state index in [0.717, 1.165) is 50.0 Å². The van der Waals surface area contributed by atoms with E-state index in [1.54, 1.807) is 0 Å². The number of hydrogen-bond acceptors (Lipinski definition) is 7. The summed E-state index contributed by atoms with van der Waals surface area (Å²) in [5.41, 5.74) is 1.93. The summed E-state index contributed by atoms with van der Waals surface area (Å²) in [4.78, 5) is 24.3. The lowest BCUT2D eigenvalue weighted by Gasteiger charge is -2.38. The minimum atomic E-state index is -0.367. The lowest BCUT2D eigenvalue weighted by molar-refractivity contribution is 0.0637. The lowest BCUT2D eigenvalue weighted by Crippen LogP contribution is -2.47. The number of aromatic nitrogens is 3. The van der Waals surface area contributed by atoms with E-state index in [-0.39, 0.29) is 17.2 Å². The van der Waals surface area contributed by atoms with Crippen LogP contribution in [-0.2, 0) is 10.2 Å². The van der Waals surface area contributed by atoms with Gasteiger partial charge in [-0.15, -0.1) is 0 Å². The Morgan fingerprint density at radius 2 is 2.09 bits per heavy atom. The van der Waals surface area contributed by atoms with E-state index in [1.807, 2.05) is 36.1 Å². The highest BCUT2D eigenvalue weighted by Gasteiger charge is 2.40. The number of amides is 1. The van der Waals surface area contributed by atoms with Crippen molar-refractivity contribution in [3.05, 3.63) is 53.6 Å². The Hall–Kier alpha value is -3.00. The van der Waals surface area contributed by atoms with E-state index in [9.17, 15) is 4.79 Å². The lowest BCUT2D eigenvalue weighted by atomic mass is 9.81. The zero-order chi connectivity index (χ0) is 22.1. The van der Waals surface area contributed by atoms with Gasteiger partial charge in [0, 0.05) is 43.2 Å². The van der Waals surface area contributed by atoms with Crippen LogP contribution in [0.3, 0.4) is 0 Å². The van der Waals surface area contributed by atoms with Gasteiger partial charge < -0.3 is 18.6 Å². The molecule has 2 aliphatic heterocycles. The fourth-order valence-electron chi connectivity index (χ4n) is 4.73. The smallest absolute Gasteiger partial charge is 0.276 e. The summed E-state index contributed by atoms with van der Waals surface area (Å²) in [5, 5.41) is 4.32. The third-order valence-corrected chi connectivity index (χ3v) is 6.59. The first kappa shape index (κ1) is 20.9. The average Bonchev–Trinajstić information content (AvgIpc) is 3.50. The van der Waals surface area contributed by atoms with Crippen LogP contribution in [0.1, 0.15) is 66.3 Å². The molecule has 0 N–H and O–H groups in total. The molecule has 8 nitrogen and oxygen atoms in total. The number of aryl methyl sites for hydroxylation is 1. The van der Waals surface area contributed by atoms with Crippen LogP contribution in [0.4, 0.5) is 0 Å². The van der Waals surface area contributed by atoms with Crippen LogP contribution < -0.4 is 0 Å². The number of rotatable bonds is 4. The van der Waals surface area contributed by atoms with Crippen molar-refractivity contribution in [2.45, 2.75) is 50.9 Å². The summed E-state index contributed by atoms with van der Waals surface area (Å²) < 4.78 is 16.7. The first-order valence-electron chi connectivity index (χ1n) is 11.3. The van der Waals surface area contributed by atoms with Crippen LogP contribution in [0.5, 0.6) is 0 Å². The fraction of sp³-hybridized carbons (Fsp3) is 0.500. The molecule has 2 fully saturated rings. The second-order valence-corrected chi connectivity index (χ2v) is 9.13. The van der Waals surface area contributed by atoms with Gasteiger partial charge in [-0.1, -0.05) is 35.8 Å². The summed E-state index contributed by atoms with van der Waals surface area (Å²) >= 11 is 0. The Bertz CT molecular complexity index is 1100. The van der Waals surface area contributed by atoms with E-state index >= 15 is 0 Å². The van der Waals surface area contributed by atoms with Crippen molar-refractivity contribution in [3.8, 4) is 11.3 Å². The number of likely N-dealkylation sites (tertiary alicyclic amines) is 1. The van der Waals surface area contributed by atoms with E-state index in [2.05, 4.69) is 17.1 Å². The average molecular weight is 437 g/mol. The third kappa shape index (κ3) is 3.95. The van der Waals surface area contributed by atoms with Crippen LogP contribution in [0, 0.1) is 6.92 Å².